The highest BCUT2D eigenvalue weighted by Gasteiger charge is 2.09. The van der Waals surface area contributed by atoms with Gasteiger partial charge in [-0.3, -0.25) is 0 Å². The predicted octanol–water partition coefficient (Wildman–Crippen LogP) is 5.13. The fourth-order valence-corrected chi connectivity index (χ4v) is 2.22. The van der Waals surface area contributed by atoms with Crippen LogP contribution in [0.2, 0.25) is 5.02 Å². The van der Waals surface area contributed by atoms with Gasteiger partial charge >= 0.3 is 0 Å². The molecule has 0 unspecified atom stereocenters. The Morgan fingerprint density at radius 2 is 1.79 bits per heavy atom. The Bertz CT molecular complexity index is 596. The molecule has 0 radical (unpaired) electrons. The van der Waals surface area contributed by atoms with E-state index in [9.17, 15) is 13.2 Å². The van der Waals surface area contributed by atoms with Gasteiger partial charge in [0, 0.05) is 17.1 Å². The molecule has 1 nitrogen and oxygen atoms in total. The van der Waals surface area contributed by atoms with Gasteiger partial charge in [-0.2, -0.15) is 0 Å². The zero-order valence-electron chi connectivity index (χ0n) is 9.48. The molecule has 0 aromatic heterocycles. The van der Waals surface area contributed by atoms with Crippen molar-refractivity contribution in [1.82, 2.24) is 0 Å². The lowest BCUT2D eigenvalue weighted by Gasteiger charge is -2.10. The van der Waals surface area contributed by atoms with E-state index in [4.69, 9.17) is 11.6 Å². The van der Waals surface area contributed by atoms with Crippen LogP contribution in [0, 0.1) is 17.5 Å². The van der Waals surface area contributed by atoms with Crippen LogP contribution in [-0.4, -0.2) is 0 Å². The normalized spacial score (nSPS) is 10.6. The first-order chi connectivity index (χ1) is 8.97. The van der Waals surface area contributed by atoms with Crippen LogP contribution in [0.25, 0.3) is 0 Å². The van der Waals surface area contributed by atoms with Crippen LogP contribution in [0.5, 0.6) is 0 Å². The molecule has 19 heavy (non-hydrogen) atoms. The summed E-state index contributed by atoms with van der Waals surface area (Å²) < 4.78 is 39.9. The molecular formula is C13H8BrClF3N. The highest BCUT2D eigenvalue weighted by atomic mass is 79.9. The van der Waals surface area contributed by atoms with Gasteiger partial charge in [-0.1, -0.05) is 17.7 Å². The maximum absolute atomic E-state index is 13.5. The largest absolute Gasteiger partial charge is 0.378 e. The summed E-state index contributed by atoms with van der Waals surface area (Å²) in [5, 5.41) is 2.80. The Hall–Kier alpha value is -1.20. The van der Waals surface area contributed by atoms with E-state index in [2.05, 4.69) is 21.2 Å². The summed E-state index contributed by atoms with van der Waals surface area (Å²) in [6.45, 7) is 0.190. The van der Waals surface area contributed by atoms with Crippen LogP contribution < -0.4 is 5.32 Å². The molecule has 0 atom stereocenters. The Balaban J connectivity index is 2.16. The highest BCUT2D eigenvalue weighted by molar-refractivity contribution is 9.10. The van der Waals surface area contributed by atoms with Gasteiger partial charge in [-0.25, -0.2) is 13.2 Å². The Labute approximate surface area is 121 Å². The average Bonchev–Trinajstić information content (AvgIpc) is 2.32. The summed E-state index contributed by atoms with van der Waals surface area (Å²) in [4.78, 5) is 0. The van der Waals surface area contributed by atoms with E-state index in [1.54, 1.807) is 6.07 Å². The Morgan fingerprint density at radius 1 is 1.05 bits per heavy atom. The second-order valence-electron chi connectivity index (χ2n) is 3.85. The van der Waals surface area contributed by atoms with Gasteiger partial charge in [-0.15, -0.1) is 0 Å². The lowest BCUT2D eigenvalue weighted by atomic mass is 10.2. The summed E-state index contributed by atoms with van der Waals surface area (Å²) in [5.74, 6) is -1.94. The molecule has 2 aromatic rings. The number of nitrogens with one attached hydrogen (secondary N) is 1. The minimum atomic E-state index is -0.721. The number of anilines is 1. The lowest BCUT2D eigenvalue weighted by Crippen LogP contribution is -2.03. The van der Waals surface area contributed by atoms with Crippen molar-refractivity contribution in [3.63, 3.8) is 0 Å². The molecule has 2 rings (SSSR count). The van der Waals surface area contributed by atoms with Crippen LogP contribution in [0.15, 0.2) is 34.8 Å². The fraction of sp³-hybridized carbons (Fsp3) is 0.0769. The molecule has 0 aliphatic heterocycles. The topological polar surface area (TPSA) is 12.0 Å². The van der Waals surface area contributed by atoms with Crippen LogP contribution in [0.4, 0.5) is 18.9 Å². The second-order valence-corrected chi connectivity index (χ2v) is 5.11. The van der Waals surface area contributed by atoms with Crippen molar-refractivity contribution in [3.8, 4) is 0 Å². The number of hydrogen-bond acceptors (Lipinski definition) is 1. The van der Waals surface area contributed by atoms with Crippen molar-refractivity contribution in [1.29, 1.82) is 0 Å². The highest BCUT2D eigenvalue weighted by Crippen LogP contribution is 2.27. The molecular weight excluding hydrogens is 343 g/mol. The lowest BCUT2D eigenvalue weighted by molar-refractivity contribution is 0.583. The molecule has 0 heterocycles. The molecule has 0 aliphatic carbocycles. The molecule has 0 amide bonds. The third kappa shape index (κ3) is 3.42. The van der Waals surface area contributed by atoms with Crippen molar-refractivity contribution in [2.24, 2.45) is 0 Å². The van der Waals surface area contributed by atoms with Crippen LogP contribution in [-0.2, 0) is 6.54 Å². The molecule has 2 aromatic carbocycles. The van der Waals surface area contributed by atoms with E-state index >= 15 is 0 Å². The molecule has 0 aliphatic rings. The van der Waals surface area contributed by atoms with Gasteiger partial charge in [0.25, 0.3) is 0 Å². The fourth-order valence-electron chi connectivity index (χ4n) is 1.55. The quantitative estimate of drug-likeness (QED) is 0.809. The van der Waals surface area contributed by atoms with E-state index in [1.807, 2.05) is 0 Å². The molecule has 0 spiro atoms. The van der Waals surface area contributed by atoms with Gasteiger partial charge < -0.3 is 5.32 Å². The second kappa shape index (κ2) is 5.84. The molecule has 0 saturated carbocycles. The van der Waals surface area contributed by atoms with Crippen molar-refractivity contribution >= 4 is 33.2 Å². The summed E-state index contributed by atoms with van der Waals surface area (Å²) in [5.41, 5.74) is 0.717. The van der Waals surface area contributed by atoms with Crippen molar-refractivity contribution in [3.05, 3.63) is 62.8 Å². The maximum atomic E-state index is 13.5. The van der Waals surface area contributed by atoms with Crippen molar-refractivity contribution in [2.45, 2.75) is 6.54 Å². The van der Waals surface area contributed by atoms with Gasteiger partial charge in [0.15, 0.2) is 0 Å². The zero-order valence-corrected chi connectivity index (χ0v) is 11.8. The standard InChI is InChI=1S/C13H8BrClF3N/c14-9-4-8(16)5-12(18)13(9)19-6-7-1-2-10(15)11(17)3-7/h1-5,19H,6H2. The van der Waals surface area contributed by atoms with Crippen molar-refractivity contribution in [2.75, 3.05) is 5.32 Å². The van der Waals surface area contributed by atoms with Gasteiger partial charge in [-0.05, 0) is 39.7 Å². The first-order valence-electron chi connectivity index (χ1n) is 5.29. The third-order valence-corrected chi connectivity index (χ3v) is 3.39. The molecule has 6 heteroatoms. The summed E-state index contributed by atoms with van der Waals surface area (Å²) >= 11 is 8.62. The van der Waals surface area contributed by atoms with Crippen molar-refractivity contribution < 1.29 is 13.2 Å². The van der Waals surface area contributed by atoms with Gasteiger partial charge in [0.1, 0.15) is 17.5 Å². The molecule has 0 fully saturated rings. The Kier molecular flexibility index (Phi) is 4.37. The van der Waals surface area contributed by atoms with E-state index in [-0.39, 0.29) is 21.7 Å². The van der Waals surface area contributed by atoms with Gasteiger partial charge in [0.05, 0.1) is 10.7 Å². The first kappa shape index (κ1) is 14.2. The van der Waals surface area contributed by atoms with Gasteiger partial charge in [0.2, 0.25) is 0 Å². The number of halogens is 5. The SMILES string of the molecule is Fc1cc(F)c(NCc2ccc(Cl)c(F)c2)c(Br)c1. The smallest absolute Gasteiger partial charge is 0.150 e. The number of hydrogen-bond donors (Lipinski definition) is 1. The zero-order chi connectivity index (χ0) is 14.0. The summed E-state index contributed by atoms with van der Waals surface area (Å²) in [7, 11) is 0. The third-order valence-electron chi connectivity index (χ3n) is 2.46. The molecule has 1 N–H and O–H groups in total. The summed E-state index contributed by atoms with van der Waals surface area (Å²) in [6, 6.07) is 6.21. The summed E-state index contributed by atoms with van der Waals surface area (Å²) in [6.07, 6.45) is 0. The van der Waals surface area contributed by atoms with E-state index < -0.39 is 17.5 Å². The number of rotatable bonds is 3. The molecule has 0 saturated heterocycles. The minimum absolute atomic E-state index is 0.0258. The maximum Gasteiger partial charge on any atom is 0.150 e. The van der Waals surface area contributed by atoms with Crippen LogP contribution in [0.1, 0.15) is 5.56 Å². The monoisotopic (exact) mass is 349 g/mol. The first-order valence-corrected chi connectivity index (χ1v) is 6.47. The molecule has 100 valence electrons. The van der Waals surface area contributed by atoms with E-state index in [0.29, 0.717) is 5.56 Å². The van der Waals surface area contributed by atoms with E-state index in [1.165, 1.54) is 12.1 Å². The number of benzene rings is 2. The Morgan fingerprint density at radius 3 is 2.42 bits per heavy atom. The minimum Gasteiger partial charge on any atom is -0.378 e. The van der Waals surface area contributed by atoms with E-state index in [0.717, 1.165) is 12.1 Å². The molecule has 0 bridgehead atoms. The average molecular weight is 351 g/mol. The van der Waals surface area contributed by atoms with Crippen LogP contribution in [0.3, 0.4) is 0 Å². The van der Waals surface area contributed by atoms with Crippen LogP contribution >= 0.6 is 27.5 Å². The predicted molar refractivity (Wildman–Crippen MR) is 72.8 cm³/mol.